The van der Waals surface area contributed by atoms with Crippen LogP contribution in [0, 0.1) is 0 Å². The van der Waals surface area contributed by atoms with Gasteiger partial charge in [0.2, 0.25) is 0 Å². The van der Waals surface area contributed by atoms with E-state index in [1.165, 1.54) is 38.8 Å². The molecule has 0 atom stereocenters. The minimum absolute atomic E-state index is 0.359. The van der Waals surface area contributed by atoms with Gasteiger partial charge in [0.15, 0.2) is 0 Å². The number of likely N-dealkylation sites (tertiary alicyclic amines) is 1. The van der Waals surface area contributed by atoms with Crippen molar-refractivity contribution < 1.29 is 4.84 Å². The average molecular weight is 260 g/mol. The lowest BCUT2D eigenvalue weighted by molar-refractivity contribution is 0.0267. The van der Waals surface area contributed by atoms with Gasteiger partial charge in [0, 0.05) is 19.1 Å². The normalized spacial score (nSPS) is 22.7. The van der Waals surface area contributed by atoms with Gasteiger partial charge in [-0.05, 0) is 37.8 Å². The Kier molecular flexibility index (Phi) is 4.36. The number of benzene rings is 1. The van der Waals surface area contributed by atoms with Crippen LogP contribution in [0.25, 0.3) is 0 Å². The van der Waals surface area contributed by atoms with Crippen molar-refractivity contribution in [2.24, 2.45) is 0 Å². The number of nitrogens with one attached hydrogen (secondary N) is 1. The van der Waals surface area contributed by atoms with Crippen molar-refractivity contribution in [3.63, 3.8) is 0 Å². The molecular formula is C16H24N2O. The summed E-state index contributed by atoms with van der Waals surface area (Å²) in [5, 5.41) is 0. The molecule has 2 fully saturated rings. The van der Waals surface area contributed by atoms with Crippen LogP contribution in [-0.2, 0) is 4.84 Å². The molecule has 3 nitrogen and oxygen atoms in total. The van der Waals surface area contributed by atoms with Crippen LogP contribution in [0.3, 0.4) is 0 Å². The summed E-state index contributed by atoms with van der Waals surface area (Å²) in [5.41, 5.74) is 4.12. The van der Waals surface area contributed by atoms with E-state index in [4.69, 9.17) is 4.84 Å². The predicted octanol–water partition coefficient (Wildman–Crippen LogP) is 3.44. The van der Waals surface area contributed by atoms with Gasteiger partial charge in [0.05, 0.1) is 11.8 Å². The first-order chi connectivity index (χ1) is 9.42. The second-order valence-electron chi connectivity index (χ2n) is 5.76. The first-order valence-electron chi connectivity index (χ1n) is 7.62. The highest BCUT2D eigenvalue weighted by atomic mass is 16.7. The van der Waals surface area contributed by atoms with Gasteiger partial charge in [-0.15, -0.1) is 0 Å². The molecule has 1 aromatic carbocycles. The van der Waals surface area contributed by atoms with Crippen LogP contribution in [-0.4, -0.2) is 30.1 Å². The average Bonchev–Trinajstić information content (AvgIpc) is 3.01. The Morgan fingerprint density at radius 1 is 0.947 bits per heavy atom. The predicted molar refractivity (Wildman–Crippen MR) is 78.0 cm³/mol. The molecule has 1 aliphatic carbocycles. The molecule has 1 saturated heterocycles. The summed E-state index contributed by atoms with van der Waals surface area (Å²) in [7, 11) is 0. The molecule has 1 N–H and O–H groups in total. The maximum absolute atomic E-state index is 5.80. The van der Waals surface area contributed by atoms with Crippen LogP contribution in [0.5, 0.6) is 0 Å². The van der Waals surface area contributed by atoms with Gasteiger partial charge in [-0.3, -0.25) is 10.3 Å². The summed E-state index contributed by atoms with van der Waals surface area (Å²) in [6, 6.07) is 11.0. The number of para-hydroxylation sites is 1. The van der Waals surface area contributed by atoms with Crippen molar-refractivity contribution in [3.8, 4) is 0 Å². The monoisotopic (exact) mass is 260 g/mol. The van der Waals surface area contributed by atoms with Crippen LogP contribution < -0.4 is 5.48 Å². The standard InChI is InChI=1S/C16H24N2O/c1-2-6-14(7-3-1)17-19-16-10-12-18(13-11-16)15-8-4-5-9-15/h1-3,6-7,15-17H,4-5,8-13H2. The van der Waals surface area contributed by atoms with Gasteiger partial charge in [0.1, 0.15) is 0 Å². The fraction of sp³-hybridized carbons (Fsp3) is 0.625. The zero-order valence-corrected chi connectivity index (χ0v) is 11.6. The first-order valence-corrected chi connectivity index (χ1v) is 7.62. The van der Waals surface area contributed by atoms with E-state index in [0.717, 1.165) is 24.6 Å². The third-order valence-corrected chi connectivity index (χ3v) is 4.43. The Morgan fingerprint density at radius 3 is 2.32 bits per heavy atom. The largest absolute Gasteiger partial charge is 0.300 e. The van der Waals surface area contributed by atoms with Gasteiger partial charge < -0.3 is 4.90 Å². The van der Waals surface area contributed by atoms with Gasteiger partial charge >= 0.3 is 0 Å². The fourth-order valence-electron chi connectivity index (χ4n) is 3.29. The summed E-state index contributed by atoms with van der Waals surface area (Å²) in [5.74, 6) is 0. The third kappa shape index (κ3) is 3.48. The third-order valence-electron chi connectivity index (χ3n) is 4.43. The van der Waals surface area contributed by atoms with Crippen molar-refractivity contribution in [1.82, 2.24) is 4.90 Å². The lowest BCUT2D eigenvalue weighted by Crippen LogP contribution is -2.42. The lowest BCUT2D eigenvalue weighted by Gasteiger charge is -2.35. The molecule has 0 spiro atoms. The van der Waals surface area contributed by atoms with E-state index in [1.54, 1.807) is 0 Å². The SMILES string of the molecule is c1ccc(NOC2CCN(C3CCCC3)CC2)cc1. The maximum Gasteiger partial charge on any atom is 0.0878 e. The topological polar surface area (TPSA) is 24.5 Å². The van der Waals surface area contributed by atoms with Gasteiger partial charge in [0.25, 0.3) is 0 Å². The molecule has 104 valence electrons. The molecule has 3 rings (SSSR count). The highest BCUT2D eigenvalue weighted by Gasteiger charge is 2.27. The molecule has 0 aromatic heterocycles. The van der Waals surface area contributed by atoms with Crippen molar-refractivity contribution in [2.45, 2.75) is 50.7 Å². The van der Waals surface area contributed by atoms with E-state index in [1.807, 2.05) is 30.3 Å². The second-order valence-corrected chi connectivity index (χ2v) is 5.76. The molecule has 0 unspecified atom stereocenters. The summed E-state index contributed by atoms with van der Waals surface area (Å²) in [6.45, 7) is 2.40. The quantitative estimate of drug-likeness (QED) is 0.839. The van der Waals surface area contributed by atoms with Crippen LogP contribution in [0.15, 0.2) is 30.3 Å². The molecule has 1 saturated carbocycles. The Balaban J connectivity index is 1.40. The van der Waals surface area contributed by atoms with Crippen LogP contribution in [0.2, 0.25) is 0 Å². The highest BCUT2D eigenvalue weighted by Crippen LogP contribution is 2.26. The minimum Gasteiger partial charge on any atom is -0.300 e. The Labute approximate surface area is 115 Å². The smallest absolute Gasteiger partial charge is 0.0878 e. The van der Waals surface area contributed by atoms with Crippen molar-refractivity contribution in [3.05, 3.63) is 30.3 Å². The minimum atomic E-state index is 0.359. The van der Waals surface area contributed by atoms with Crippen molar-refractivity contribution in [1.29, 1.82) is 0 Å². The van der Waals surface area contributed by atoms with E-state index in [9.17, 15) is 0 Å². The van der Waals surface area contributed by atoms with E-state index in [-0.39, 0.29) is 0 Å². The van der Waals surface area contributed by atoms with Crippen LogP contribution >= 0.6 is 0 Å². The molecule has 1 aromatic rings. The second kappa shape index (κ2) is 6.40. The van der Waals surface area contributed by atoms with E-state index >= 15 is 0 Å². The fourth-order valence-corrected chi connectivity index (χ4v) is 3.29. The van der Waals surface area contributed by atoms with Gasteiger partial charge in [-0.1, -0.05) is 31.0 Å². The van der Waals surface area contributed by atoms with Crippen LogP contribution in [0.4, 0.5) is 5.69 Å². The molecule has 3 heteroatoms. The molecule has 0 amide bonds. The number of nitrogens with zero attached hydrogens (tertiary/aromatic N) is 1. The molecule has 19 heavy (non-hydrogen) atoms. The Bertz CT molecular complexity index is 368. The number of rotatable bonds is 4. The molecule has 1 heterocycles. The number of hydrogen-bond acceptors (Lipinski definition) is 3. The highest BCUT2D eigenvalue weighted by molar-refractivity contribution is 5.40. The van der Waals surface area contributed by atoms with E-state index in [0.29, 0.717) is 6.10 Å². The Morgan fingerprint density at radius 2 is 1.63 bits per heavy atom. The molecule has 2 aliphatic rings. The zero-order valence-electron chi connectivity index (χ0n) is 11.6. The zero-order chi connectivity index (χ0) is 12.9. The molecule has 0 bridgehead atoms. The van der Waals surface area contributed by atoms with E-state index in [2.05, 4.69) is 10.4 Å². The lowest BCUT2D eigenvalue weighted by atomic mass is 10.1. The first kappa shape index (κ1) is 12.9. The summed E-state index contributed by atoms with van der Waals surface area (Å²) in [6.07, 6.45) is 8.33. The molecule has 1 aliphatic heterocycles. The maximum atomic E-state index is 5.80. The van der Waals surface area contributed by atoms with E-state index < -0.39 is 0 Å². The number of hydrogen-bond donors (Lipinski definition) is 1. The van der Waals surface area contributed by atoms with Crippen LogP contribution in [0.1, 0.15) is 38.5 Å². The summed E-state index contributed by atoms with van der Waals surface area (Å²) >= 11 is 0. The van der Waals surface area contributed by atoms with Gasteiger partial charge in [-0.25, -0.2) is 0 Å². The summed E-state index contributed by atoms with van der Waals surface area (Å²) < 4.78 is 0. The van der Waals surface area contributed by atoms with Crippen molar-refractivity contribution in [2.75, 3.05) is 18.6 Å². The number of piperidine rings is 1. The Hall–Kier alpha value is -1.06. The van der Waals surface area contributed by atoms with Crippen molar-refractivity contribution >= 4 is 5.69 Å². The van der Waals surface area contributed by atoms with Gasteiger partial charge in [-0.2, -0.15) is 0 Å². The molecular weight excluding hydrogens is 236 g/mol. The summed E-state index contributed by atoms with van der Waals surface area (Å²) in [4.78, 5) is 8.48. The number of anilines is 1. The molecule has 0 radical (unpaired) electrons.